The summed E-state index contributed by atoms with van der Waals surface area (Å²) in [6.45, 7) is 0.00122. The number of alkyl carbamates (subject to hydrolysis) is 1. The highest BCUT2D eigenvalue weighted by atomic mass is 16.5. The number of carbonyl (C=O) groups is 1. The molecule has 1 aliphatic rings. The van der Waals surface area contributed by atoms with E-state index < -0.39 is 17.7 Å². The van der Waals surface area contributed by atoms with E-state index in [4.69, 9.17) is 4.74 Å². The molecule has 0 bridgehead atoms. The number of ether oxygens (including phenoxy) is 1. The molecule has 3 N–H and O–H groups in total. The normalized spacial score (nSPS) is 26.1. The van der Waals surface area contributed by atoms with Gasteiger partial charge in [-0.15, -0.1) is 0 Å². The van der Waals surface area contributed by atoms with Crippen LogP contribution >= 0.6 is 0 Å². The van der Waals surface area contributed by atoms with Crippen LogP contribution in [-0.2, 0) is 11.3 Å². The van der Waals surface area contributed by atoms with Crippen LogP contribution in [0.1, 0.15) is 24.8 Å². The van der Waals surface area contributed by atoms with E-state index in [-0.39, 0.29) is 13.2 Å². The van der Waals surface area contributed by atoms with E-state index in [0.29, 0.717) is 19.3 Å². The predicted molar refractivity (Wildman–Crippen MR) is 69.4 cm³/mol. The number of aliphatic hydroxyl groups is 2. The van der Waals surface area contributed by atoms with E-state index in [1.54, 1.807) is 0 Å². The second kappa shape index (κ2) is 6.04. The molecule has 0 aromatic heterocycles. The fraction of sp³-hybridized carbons (Fsp3) is 0.500. The van der Waals surface area contributed by atoms with Crippen LogP contribution in [0, 0.1) is 0 Å². The maximum absolute atomic E-state index is 11.7. The van der Waals surface area contributed by atoms with Gasteiger partial charge in [-0.1, -0.05) is 30.3 Å². The average molecular weight is 265 g/mol. The van der Waals surface area contributed by atoms with Gasteiger partial charge in [0, 0.05) is 0 Å². The van der Waals surface area contributed by atoms with Crippen LogP contribution in [0.2, 0.25) is 0 Å². The third-order valence-electron chi connectivity index (χ3n) is 3.47. The Morgan fingerprint density at radius 1 is 1.42 bits per heavy atom. The molecule has 2 rings (SSSR count). The highest BCUT2D eigenvalue weighted by Crippen LogP contribution is 2.29. The van der Waals surface area contributed by atoms with Gasteiger partial charge in [-0.25, -0.2) is 4.79 Å². The molecule has 19 heavy (non-hydrogen) atoms. The zero-order valence-corrected chi connectivity index (χ0v) is 10.7. The SMILES string of the molecule is O=C(N[C@@]1(CO)CC[C@@H](O)C1)OCc1ccccc1. The molecule has 104 valence electrons. The van der Waals surface area contributed by atoms with Crippen molar-refractivity contribution in [3.8, 4) is 0 Å². The van der Waals surface area contributed by atoms with Crippen molar-refractivity contribution < 1.29 is 19.7 Å². The molecule has 1 saturated carbocycles. The summed E-state index contributed by atoms with van der Waals surface area (Å²) in [5, 5.41) is 21.6. The van der Waals surface area contributed by atoms with Crippen molar-refractivity contribution in [3.05, 3.63) is 35.9 Å². The topological polar surface area (TPSA) is 78.8 Å². The second-order valence-corrected chi connectivity index (χ2v) is 5.02. The van der Waals surface area contributed by atoms with E-state index in [1.165, 1.54) is 0 Å². The summed E-state index contributed by atoms with van der Waals surface area (Å²) in [6.07, 6.45) is 0.475. The van der Waals surface area contributed by atoms with E-state index in [1.807, 2.05) is 30.3 Å². The summed E-state index contributed by atoms with van der Waals surface area (Å²) in [5.74, 6) is 0. The Morgan fingerprint density at radius 2 is 2.16 bits per heavy atom. The number of aliphatic hydroxyl groups excluding tert-OH is 2. The lowest BCUT2D eigenvalue weighted by atomic mass is 9.99. The highest BCUT2D eigenvalue weighted by Gasteiger charge is 2.39. The molecule has 1 fully saturated rings. The van der Waals surface area contributed by atoms with E-state index in [0.717, 1.165) is 5.56 Å². The number of rotatable bonds is 4. The Bertz CT molecular complexity index is 423. The van der Waals surface area contributed by atoms with Crippen molar-refractivity contribution >= 4 is 6.09 Å². The van der Waals surface area contributed by atoms with Crippen LogP contribution in [0.5, 0.6) is 0 Å². The Labute approximate surface area is 112 Å². The lowest BCUT2D eigenvalue weighted by Gasteiger charge is -2.27. The van der Waals surface area contributed by atoms with Crippen LogP contribution in [0.15, 0.2) is 30.3 Å². The summed E-state index contributed by atoms with van der Waals surface area (Å²) in [6, 6.07) is 9.38. The zero-order chi connectivity index (χ0) is 13.7. The highest BCUT2D eigenvalue weighted by molar-refractivity contribution is 5.68. The average Bonchev–Trinajstić information content (AvgIpc) is 2.79. The molecule has 5 nitrogen and oxygen atoms in total. The minimum absolute atomic E-state index is 0.190. The molecule has 0 unspecified atom stereocenters. The van der Waals surface area contributed by atoms with Crippen molar-refractivity contribution in [1.82, 2.24) is 5.32 Å². The predicted octanol–water partition coefficient (Wildman–Crippen LogP) is 1.19. The number of hydrogen-bond donors (Lipinski definition) is 3. The van der Waals surface area contributed by atoms with Crippen LogP contribution in [0.4, 0.5) is 4.79 Å². The molecule has 1 aromatic carbocycles. The summed E-state index contributed by atoms with van der Waals surface area (Å²) >= 11 is 0. The Hall–Kier alpha value is -1.59. The molecule has 5 heteroatoms. The van der Waals surface area contributed by atoms with Crippen LogP contribution in [0.25, 0.3) is 0 Å². The van der Waals surface area contributed by atoms with Crippen LogP contribution in [-0.4, -0.2) is 34.6 Å². The molecule has 0 radical (unpaired) electrons. The quantitative estimate of drug-likeness (QED) is 0.764. The minimum Gasteiger partial charge on any atom is -0.445 e. The number of nitrogens with one attached hydrogen (secondary N) is 1. The number of carbonyl (C=O) groups excluding carboxylic acids is 1. The molecule has 0 spiro atoms. The first-order valence-electron chi connectivity index (χ1n) is 6.41. The van der Waals surface area contributed by atoms with Gasteiger partial charge in [0.25, 0.3) is 0 Å². The summed E-state index contributed by atoms with van der Waals surface area (Å²) in [4.78, 5) is 11.7. The molecular weight excluding hydrogens is 246 g/mol. The molecule has 1 aliphatic carbocycles. The second-order valence-electron chi connectivity index (χ2n) is 5.02. The first-order chi connectivity index (χ1) is 9.13. The molecule has 2 atom stereocenters. The standard InChI is InChI=1S/C14H19NO4/c16-10-14(7-6-12(17)8-14)15-13(18)19-9-11-4-2-1-3-5-11/h1-5,12,16-17H,6-10H2,(H,15,18)/t12-,14+/m1/s1. The fourth-order valence-corrected chi connectivity index (χ4v) is 2.37. The molecule has 0 saturated heterocycles. The van der Waals surface area contributed by atoms with Gasteiger partial charge in [0.2, 0.25) is 0 Å². The summed E-state index contributed by atoms with van der Waals surface area (Å²) < 4.78 is 5.11. The molecule has 1 aromatic rings. The molecular formula is C14H19NO4. The van der Waals surface area contributed by atoms with Crippen molar-refractivity contribution in [1.29, 1.82) is 0 Å². The first-order valence-corrected chi connectivity index (χ1v) is 6.41. The maximum atomic E-state index is 11.7. The van der Waals surface area contributed by atoms with Gasteiger partial charge in [0.15, 0.2) is 0 Å². The van der Waals surface area contributed by atoms with Gasteiger partial charge in [-0.05, 0) is 24.8 Å². The summed E-state index contributed by atoms with van der Waals surface area (Å²) in [7, 11) is 0. The molecule has 0 heterocycles. The van der Waals surface area contributed by atoms with E-state index >= 15 is 0 Å². The largest absolute Gasteiger partial charge is 0.445 e. The van der Waals surface area contributed by atoms with E-state index in [9.17, 15) is 15.0 Å². The number of amides is 1. The monoisotopic (exact) mass is 265 g/mol. The van der Waals surface area contributed by atoms with Gasteiger partial charge in [-0.3, -0.25) is 0 Å². The van der Waals surface area contributed by atoms with Crippen molar-refractivity contribution in [2.45, 2.75) is 37.5 Å². The van der Waals surface area contributed by atoms with Gasteiger partial charge in [0.05, 0.1) is 18.2 Å². The molecule has 0 aliphatic heterocycles. The smallest absolute Gasteiger partial charge is 0.407 e. The maximum Gasteiger partial charge on any atom is 0.407 e. The van der Waals surface area contributed by atoms with E-state index in [2.05, 4.69) is 5.32 Å². The summed E-state index contributed by atoms with van der Waals surface area (Å²) in [5.41, 5.74) is 0.162. The number of hydrogen-bond acceptors (Lipinski definition) is 4. The first kappa shape index (κ1) is 13.8. The lowest BCUT2D eigenvalue weighted by molar-refractivity contribution is 0.0987. The molecule has 1 amide bonds. The van der Waals surface area contributed by atoms with Crippen molar-refractivity contribution in [3.63, 3.8) is 0 Å². The Kier molecular flexibility index (Phi) is 4.39. The van der Waals surface area contributed by atoms with Crippen LogP contribution in [0.3, 0.4) is 0 Å². The zero-order valence-electron chi connectivity index (χ0n) is 10.7. The van der Waals surface area contributed by atoms with Crippen LogP contribution < -0.4 is 5.32 Å². The van der Waals surface area contributed by atoms with Gasteiger partial charge >= 0.3 is 6.09 Å². The fourth-order valence-electron chi connectivity index (χ4n) is 2.37. The minimum atomic E-state index is -0.743. The van der Waals surface area contributed by atoms with Crippen molar-refractivity contribution in [2.24, 2.45) is 0 Å². The third kappa shape index (κ3) is 3.68. The van der Waals surface area contributed by atoms with Crippen molar-refractivity contribution in [2.75, 3.05) is 6.61 Å². The van der Waals surface area contributed by atoms with Gasteiger partial charge in [-0.2, -0.15) is 0 Å². The van der Waals surface area contributed by atoms with Gasteiger partial charge < -0.3 is 20.3 Å². The Balaban J connectivity index is 1.84. The van der Waals surface area contributed by atoms with Gasteiger partial charge in [0.1, 0.15) is 6.61 Å². The Morgan fingerprint density at radius 3 is 2.74 bits per heavy atom. The third-order valence-corrected chi connectivity index (χ3v) is 3.47. The number of benzene rings is 1. The lowest BCUT2D eigenvalue weighted by Crippen LogP contribution is -2.49.